The Bertz CT molecular complexity index is 774. The molecule has 33 heavy (non-hydrogen) atoms. The quantitative estimate of drug-likeness (QED) is 0.199. The maximum atomic E-state index is 12.0. The predicted octanol–water partition coefficient (Wildman–Crippen LogP) is 6.73. The van der Waals surface area contributed by atoms with E-state index in [2.05, 4.69) is 12.1 Å². The van der Waals surface area contributed by atoms with Crippen LogP contribution in [0.5, 0.6) is 0 Å². The zero-order valence-corrected chi connectivity index (χ0v) is 20.4. The molecule has 1 aromatic rings. The Hall–Kier alpha value is -2.37. The summed E-state index contributed by atoms with van der Waals surface area (Å²) in [4.78, 5) is 29.1. The smallest absolute Gasteiger partial charge is 0.363 e. The lowest BCUT2D eigenvalue weighted by atomic mass is 9.78. The van der Waals surface area contributed by atoms with Crippen molar-refractivity contribution in [2.45, 2.75) is 109 Å². The summed E-state index contributed by atoms with van der Waals surface area (Å²) < 4.78 is 0. The number of carboxylic acids is 2. The van der Waals surface area contributed by atoms with E-state index in [1.807, 2.05) is 31.2 Å². The zero-order chi connectivity index (χ0) is 24.1. The Balaban J connectivity index is 1.80. The first kappa shape index (κ1) is 26.9. The van der Waals surface area contributed by atoms with Crippen LogP contribution in [0.1, 0.15) is 108 Å². The molecule has 0 amide bonds. The molecule has 0 fully saturated rings. The van der Waals surface area contributed by atoms with Gasteiger partial charge in [-0.05, 0) is 18.9 Å². The van der Waals surface area contributed by atoms with Crippen LogP contribution in [0.2, 0.25) is 0 Å². The topological polar surface area (TPSA) is 96.2 Å². The molecule has 6 nitrogen and oxygen atoms in total. The molecule has 1 aromatic carbocycles. The van der Waals surface area contributed by atoms with Crippen LogP contribution >= 0.6 is 0 Å². The second kappa shape index (κ2) is 14.0. The minimum absolute atomic E-state index is 0.420. The largest absolute Gasteiger partial charge is 0.478 e. The average Bonchev–Trinajstić information content (AvgIpc) is 3.17. The van der Waals surface area contributed by atoms with E-state index < -0.39 is 23.5 Å². The van der Waals surface area contributed by atoms with Crippen molar-refractivity contribution in [3.8, 4) is 0 Å². The molecule has 2 rings (SSSR count). The maximum Gasteiger partial charge on any atom is 0.363 e. The van der Waals surface area contributed by atoms with Gasteiger partial charge in [0, 0.05) is 5.56 Å². The maximum absolute atomic E-state index is 12.0. The monoisotopic (exact) mass is 459 g/mol. The van der Waals surface area contributed by atoms with Crippen molar-refractivity contribution in [3.05, 3.63) is 35.4 Å². The molecule has 0 bridgehead atoms. The first-order chi connectivity index (χ1) is 15.9. The van der Waals surface area contributed by atoms with Gasteiger partial charge in [-0.15, -0.1) is 0 Å². The van der Waals surface area contributed by atoms with E-state index in [4.69, 9.17) is 4.84 Å². The number of carbonyl (C=O) groups is 2. The van der Waals surface area contributed by atoms with Crippen LogP contribution in [0.3, 0.4) is 0 Å². The lowest BCUT2D eigenvalue weighted by molar-refractivity contribution is -0.184. The molecule has 1 unspecified atom stereocenters. The number of aliphatic carboxylic acids is 2. The minimum Gasteiger partial charge on any atom is -0.478 e. The van der Waals surface area contributed by atoms with E-state index in [9.17, 15) is 19.8 Å². The number of hydrogen-bond acceptors (Lipinski definition) is 4. The molecule has 0 saturated carbocycles. The van der Waals surface area contributed by atoms with Crippen molar-refractivity contribution in [3.63, 3.8) is 0 Å². The van der Waals surface area contributed by atoms with Crippen molar-refractivity contribution in [2.75, 3.05) is 0 Å². The van der Waals surface area contributed by atoms with E-state index in [-0.39, 0.29) is 0 Å². The zero-order valence-electron chi connectivity index (χ0n) is 20.4. The first-order valence-corrected chi connectivity index (χ1v) is 12.7. The number of benzene rings is 1. The van der Waals surface area contributed by atoms with E-state index in [0.29, 0.717) is 12.1 Å². The van der Waals surface area contributed by atoms with Gasteiger partial charge >= 0.3 is 17.5 Å². The van der Waals surface area contributed by atoms with Crippen LogP contribution in [0.15, 0.2) is 29.4 Å². The van der Waals surface area contributed by atoms with Crippen molar-refractivity contribution < 1.29 is 24.6 Å². The third-order valence-electron chi connectivity index (χ3n) is 6.76. The number of oxime groups is 1. The molecule has 0 spiro atoms. The second-order valence-electron chi connectivity index (χ2n) is 9.31. The van der Waals surface area contributed by atoms with Crippen LogP contribution in [0.25, 0.3) is 0 Å². The molecular formula is C27H41NO5. The third kappa shape index (κ3) is 7.31. The molecule has 6 heteroatoms. The predicted molar refractivity (Wildman–Crippen MR) is 131 cm³/mol. The molecule has 1 atom stereocenters. The normalized spacial score (nSPS) is 16.9. The molecular weight excluding hydrogens is 418 g/mol. The number of unbranched alkanes of at least 4 members (excludes halogenated alkanes) is 12. The molecule has 2 N–H and O–H groups in total. The van der Waals surface area contributed by atoms with Gasteiger partial charge in [0.1, 0.15) is 0 Å². The van der Waals surface area contributed by atoms with Gasteiger partial charge < -0.3 is 15.1 Å². The fourth-order valence-corrected chi connectivity index (χ4v) is 4.71. The van der Waals surface area contributed by atoms with Crippen molar-refractivity contribution in [1.82, 2.24) is 0 Å². The van der Waals surface area contributed by atoms with Gasteiger partial charge in [-0.1, -0.05) is 120 Å². The summed E-state index contributed by atoms with van der Waals surface area (Å²) in [6, 6.07) is 7.47. The van der Waals surface area contributed by atoms with Gasteiger partial charge in [0.15, 0.2) is 0 Å². The standard InChI is InChI=1S/C27H41NO5/c1-3-4-5-6-7-8-9-10-11-12-13-14-15-20-23-24(22-19-17-16-18-21(22)2)28-33-27(23,25(29)30)26(31)32/h16-19,23H,3-15,20H2,1-2H3,(H,29,30)(H,31,32). The van der Waals surface area contributed by atoms with Crippen LogP contribution in [-0.2, 0) is 14.4 Å². The average molecular weight is 460 g/mol. The van der Waals surface area contributed by atoms with Crippen molar-refractivity contribution in [2.24, 2.45) is 11.1 Å². The Morgan fingerprint density at radius 1 is 0.848 bits per heavy atom. The fraction of sp³-hybridized carbons (Fsp3) is 0.667. The Labute approximate surface area is 198 Å². The lowest BCUT2D eigenvalue weighted by Gasteiger charge is -2.25. The van der Waals surface area contributed by atoms with Crippen LogP contribution in [0, 0.1) is 12.8 Å². The highest BCUT2D eigenvalue weighted by Crippen LogP contribution is 2.38. The van der Waals surface area contributed by atoms with Crippen molar-refractivity contribution in [1.29, 1.82) is 0 Å². The first-order valence-electron chi connectivity index (χ1n) is 12.7. The van der Waals surface area contributed by atoms with E-state index >= 15 is 0 Å². The lowest BCUT2D eigenvalue weighted by Crippen LogP contribution is -2.53. The molecule has 1 heterocycles. The number of aryl methyl sites for hydroxylation is 1. The highest BCUT2D eigenvalue weighted by Gasteiger charge is 2.61. The number of hydrogen-bond donors (Lipinski definition) is 2. The summed E-state index contributed by atoms with van der Waals surface area (Å²) in [6.45, 7) is 4.15. The highest BCUT2D eigenvalue weighted by atomic mass is 16.7. The summed E-state index contributed by atoms with van der Waals surface area (Å²) in [7, 11) is 0. The van der Waals surface area contributed by atoms with Gasteiger partial charge in [-0.25, -0.2) is 9.59 Å². The molecule has 0 saturated heterocycles. The molecule has 1 aliphatic heterocycles. The summed E-state index contributed by atoms with van der Waals surface area (Å²) in [5.74, 6) is -3.81. The second-order valence-corrected chi connectivity index (χ2v) is 9.31. The Morgan fingerprint density at radius 3 is 1.82 bits per heavy atom. The number of carboxylic acid groups (broad SMARTS) is 2. The van der Waals surface area contributed by atoms with Gasteiger partial charge in [-0.3, -0.25) is 0 Å². The van der Waals surface area contributed by atoms with Gasteiger partial charge in [0.05, 0.1) is 11.6 Å². The van der Waals surface area contributed by atoms with Gasteiger partial charge in [0.2, 0.25) is 0 Å². The van der Waals surface area contributed by atoms with Crippen molar-refractivity contribution >= 4 is 17.7 Å². The molecule has 0 aliphatic carbocycles. The van der Waals surface area contributed by atoms with Crippen LogP contribution < -0.4 is 0 Å². The highest BCUT2D eigenvalue weighted by molar-refractivity contribution is 6.14. The van der Waals surface area contributed by atoms with E-state index in [1.54, 1.807) is 0 Å². The molecule has 1 aliphatic rings. The summed E-state index contributed by atoms with van der Waals surface area (Å²) in [6.07, 6.45) is 16.2. The Morgan fingerprint density at radius 2 is 1.33 bits per heavy atom. The van der Waals surface area contributed by atoms with Gasteiger partial charge in [-0.2, -0.15) is 0 Å². The molecule has 0 radical (unpaired) electrons. The number of nitrogens with zero attached hydrogens (tertiary/aromatic N) is 1. The Kier molecular flexibility index (Phi) is 11.4. The molecule has 184 valence electrons. The third-order valence-corrected chi connectivity index (χ3v) is 6.76. The fourth-order valence-electron chi connectivity index (χ4n) is 4.71. The van der Waals surface area contributed by atoms with Crippen LogP contribution in [-0.4, -0.2) is 33.5 Å². The molecule has 0 aromatic heterocycles. The number of rotatable bonds is 17. The van der Waals surface area contributed by atoms with E-state index in [1.165, 1.54) is 64.2 Å². The summed E-state index contributed by atoms with van der Waals surface area (Å²) in [5.41, 5.74) is -0.255. The van der Waals surface area contributed by atoms with Gasteiger partial charge in [0.25, 0.3) is 0 Å². The SMILES string of the molecule is CCCCCCCCCCCCCCCC1C(c2ccccc2C)=NOC1(C(=O)O)C(=O)O. The van der Waals surface area contributed by atoms with Crippen LogP contribution in [0.4, 0.5) is 0 Å². The minimum atomic E-state index is -2.35. The summed E-state index contributed by atoms with van der Waals surface area (Å²) in [5, 5.41) is 23.5. The summed E-state index contributed by atoms with van der Waals surface area (Å²) >= 11 is 0. The van der Waals surface area contributed by atoms with E-state index in [0.717, 1.165) is 30.4 Å².